The Bertz CT molecular complexity index is 629. The number of Topliss-reactive ketones (excluding diaryl/α,β-unsaturated/α-hetero) is 1. The van der Waals surface area contributed by atoms with Crippen LogP contribution in [0, 0.1) is 6.92 Å². The van der Waals surface area contributed by atoms with Gasteiger partial charge in [-0.15, -0.1) is 0 Å². The molecule has 0 amide bonds. The molecule has 0 bridgehead atoms. The van der Waals surface area contributed by atoms with Crippen LogP contribution in [0.15, 0.2) is 12.1 Å². The highest BCUT2D eigenvalue weighted by molar-refractivity contribution is 5.82. The number of phenols is 2. The summed E-state index contributed by atoms with van der Waals surface area (Å²) >= 11 is 0. The number of aliphatic hydroxyl groups is 1. The van der Waals surface area contributed by atoms with Crippen LogP contribution < -0.4 is 5.32 Å². The van der Waals surface area contributed by atoms with Gasteiger partial charge in [0, 0.05) is 29.9 Å². The van der Waals surface area contributed by atoms with E-state index in [0.717, 1.165) is 5.56 Å². The molecule has 1 saturated carbocycles. The maximum atomic E-state index is 12.2. The maximum Gasteiger partial charge on any atom is 0.161 e. The van der Waals surface area contributed by atoms with Gasteiger partial charge in [0.15, 0.2) is 11.5 Å². The number of nitrogens with one attached hydrogen (secondary N) is 1. The second kappa shape index (κ2) is 4.96. The maximum absolute atomic E-state index is 12.2. The summed E-state index contributed by atoms with van der Waals surface area (Å²) in [5, 5.41) is 35.1. The molecule has 22 heavy (non-hydrogen) atoms. The quantitative estimate of drug-likeness (QED) is 0.591. The Labute approximate surface area is 130 Å². The first-order chi connectivity index (χ1) is 10.3. The van der Waals surface area contributed by atoms with Crippen molar-refractivity contribution in [2.75, 3.05) is 6.54 Å². The van der Waals surface area contributed by atoms with Gasteiger partial charge in [-0.2, -0.15) is 0 Å². The lowest BCUT2D eigenvalue weighted by Gasteiger charge is -2.57. The largest absolute Gasteiger partial charge is 0.504 e. The topological polar surface area (TPSA) is 89.8 Å². The van der Waals surface area contributed by atoms with E-state index in [2.05, 4.69) is 5.32 Å². The molecule has 4 N–H and O–H groups in total. The third-order valence-corrected chi connectivity index (χ3v) is 5.67. The number of fused-ring (bicyclic) bond motifs is 1. The van der Waals surface area contributed by atoms with Gasteiger partial charge < -0.3 is 20.6 Å². The monoisotopic (exact) mass is 305 g/mol. The van der Waals surface area contributed by atoms with Crippen LogP contribution in [0.5, 0.6) is 11.5 Å². The minimum Gasteiger partial charge on any atom is -0.504 e. The highest BCUT2D eigenvalue weighted by Gasteiger charge is 2.60. The molecule has 5 heteroatoms. The van der Waals surface area contributed by atoms with Crippen molar-refractivity contribution < 1.29 is 20.1 Å². The van der Waals surface area contributed by atoms with E-state index in [1.807, 2.05) is 13.8 Å². The first kappa shape index (κ1) is 15.3. The molecule has 1 aliphatic carbocycles. The Kier molecular flexibility index (Phi) is 3.45. The molecule has 0 unspecified atom stereocenters. The molecule has 3 rings (SSSR count). The van der Waals surface area contributed by atoms with Crippen LogP contribution in [-0.2, 0) is 10.2 Å². The molecule has 1 heterocycles. The van der Waals surface area contributed by atoms with E-state index < -0.39 is 11.0 Å². The van der Waals surface area contributed by atoms with Gasteiger partial charge in [0.05, 0.1) is 5.60 Å². The third kappa shape index (κ3) is 1.88. The van der Waals surface area contributed by atoms with Crippen molar-refractivity contribution in [3.63, 3.8) is 0 Å². The summed E-state index contributed by atoms with van der Waals surface area (Å²) in [5.41, 5.74) is -0.649. The van der Waals surface area contributed by atoms with Gasteiger partial charge in [-0.3, -0.25) is 4.79 Å². The average molecular weight is 305 g/mol. The standard InChI is InChI=1S/C17H23NO4/c1-10-3-4-13(20)15(21)14(10)16-7-8-18-11(2)17(16,22)6-5-12(19)9-16/h3-4,11,18,20-22H,5-9H2,1-2H3/t11-,16-,17-/m1/s1. The average Bonchev–Trinajstić information content (AvgIpc) is 2.46. The second-order valence-corrected chi connectivity index (χ2v) is 6.77. The number of aryl methyl sites for hydroxylation is 1. The molecule has 2 aliphatic rings. The summed E-state index contributed by atoms with van der Waals surface area (Å²) in [6.07, 6.45) is 1.47. The molecule has 2 fully saturated rings. The van der Waals surface area contributed by atoms with Crippen molar-refractivity contribution in [2.24, 2.45) is 0 Å². The fourth-order valence-corrected chi connectivity index (χ4v) is 4.47. The van der Waals surface area contributed by atoms with Crippen molar-refractivity contribution in [3.8, 4) is 11.5 Å². The Morgan fingerprint density at radius 3 is 2.73 bits per heavy atom. The molecular formula is C17H23NO4. The molecule has 1 aliphatic heterocycles. The molecule has 120 valence electrons. The first-order valence-electron chi connectivity index (χ1n) is 7.81. The lowest BCUT2D eigenvalue weighted by Crippen LogP contribution is -2.69. The number of carbonyl (C=O) groups is 1. The SMILES string of the molecule is Cc1ccc(O)c(O)c1[C@]12CCN[C@H](C)[C@]1(O)CCC(=O)C2. The number of rotatable bonds is 1. The van der Waals surface area contributed by atoms with E-state index in [1.165, 1.54) is 6.07 Å². The number of aromatic hydroxyl groups is 2. The van der Waals surface area contributed by atoms with Gasteiger partial charge in [0.1, 0.15) is 5.78 Å². The highest BCUT2D eigenvalue weighted by Crippen LogP contribution is 2.55. The summed E-state index contributed by atoms with van der Waals surface area (Å²) in [6.45, 7) is 4.42. The fourth-order valence-electron chi connectivity index (χ4n) is 4.47. The Morgan fingerprint density at radius 1 is 1.27 bits per heavy atom. The van der Waals surface area contributed by atoms with E-state index >= 15 is 0 Å². The number of hydrogen-bond acceptors (Lipinski definition) is 5. The molecule has 0 radical (unpaired) electrons. The number of hydrogen-bond donors (Lipinski definition) is 4. The first-order valence-corrected chi connectivity index (χ1v) is 7.81. The summed E-state index contributed by atoms with van der Waals surface area (Å²) in [6, 6.07) is 2.99. The second-order valence-electron chi connectivity index (χ2n) is 6.77. The zero-order valence-electron chi connectivity index (χ0n) is 13.0. The molecule has 1 aromatic rings. The molecule has 3 atom stereocenters. The summed E-state index contributed by atoms with van der Waals surface area (Å²) in [7, 11) is 0. The molecule has 0 aromatic heterocycles. The normalized spacial score (nSPS) is 35.2. The van der Waals surface area contributed by atoms with Crippen molar-refractivity contribution >= 4 is 5.78 Å². The van der Waals surface area contributed by atoms with Crippen molar-refractivity contribution in [1.29, 1.82) is 0 Å². The van der Waals surface area contributed by atoms with E-state index in [9.17, 15) is 20.1 Å². The van der Waals surface area contributed by atoms with E-state index in [1.54, 1.807) is 6.07 Å². The van der Waals surface area contributed by atoms with Crippen LogP contribution in [0.25, 0.3) is 0 Å². The number of phenolic OH excluding ortho intramolecular Hbond substituents is 2. The predicted octanol–water partition coefficient (Wildman–Crippen LogP) is 1.51. The van der Waals surface area contributed by atoms with Gasteiger partial charge in [-0.25, -0.2) is 0 Å². The van der Waals surface area contributed by atoms with Crippen LogP contribution in [0.4, 0.5) is 0 Å². The van der Waals surface area contributed by atoms with Crippen molar-refractivity contribution in [3.05, 3.63) is 23.3 Å². The molecular weight excluding hydrogens is 282 g/mol. The molecule has 0 spiro atoms. The minimum absolute atomic E-state index is 0.0981. The third-order valence-electron chi connectivity index (χ3n) is 5.67. The van der Waals surface area contributed by atoms with Crippen LogP contribution in [0.1, 0.15) is 43.7 Å². The number of ketones is 1. The van der Waals surface area contributed by atoms with Gasteiger partial charge in [0.2, 0.25) is 0 Å². The highest BCUT2D eigenvalue weighted by atomic mass is 16.3. The summed E-state index contributed by atoms with van der Waals surface area (Å²) < 4.78 is 0. The van der Waals surface area contributed by atoms with Gasteiger partial charge in [-0.05, 0) is 44.9 Å². The van der Waals surface area contributed by atoms with Gasteiger partial charge >= 0.3 is 0 Å². The molecule has 1 saturated heterocycles. The fraction of sp³-hybridized carbons (Fsp3) is 0.588. The van der Waals surface area contributed by atoms with Crippen molar-refractivity contribution in [2.45, 2.75) is 56.6 Å². The van der Waals surface area contributed by atoms with E-state index in [4.69, 9.17) is 0 Å². The molecule has 1 aromatic carbocycles. The summed E-state index contributed by atoms with van der Waals surface area (Å²) in [4.78, 5) is 12.2. The van der Waals surface area contributed by atoms with Crippen LogP contribution in [0.2, 0.25) is 0 Å². The van der Waals surface area contributed by atoms with Gasteiger partial charge in [0.25, 0.3) is 0 Å². The lowest BCUT2D eigenvalue weighted by atomic mass is 9.53. The van der Waals surface area contributed by atoms with Crippen molar-refractivity contribution in [1.82, 2.24) is 5.32 Å². The Hall–Kier alpha value is -1.59. The van der Waals surface area contributed by atoms with E-state index in [-0.39, 0.29) is 29.7 Å². The Morgan fingerprint density at radius 2 is 2.00 bits per heavy atom. The van der Waals surface area contributed by atoms with Crippen LogP contribution in [-0.4, -0.2) is 39.3 Å². The van der Waals surface area contributed by atoms with E-state index in [0.29, 0.717) is 31.4 Å². The predicted molar refractivity (Wildman–Crippen MR) is 82.1 cm³/mol. The lowest BCUT2D eigenvalue weighted by molar-refractivity contribution is -0.145. The zero-order chi connectivity index (χ0) is 16.1. The van der Waals surface area contributed by atoms with Gasteiger partial charge in [-0.1, -0.05) is 6.07 Å². The zero-order valence-corrected chi connectivity index (χ0v) is 13.0. The minimum atomic E-state index is -1.12. The number of benzene rings is 1. The smallest absolute Gasteiger partial charge is 0.161 e. The molecule has 5 nitrogen and oxygen atoms in total. The number of piperidine rings is 1. The summed E-state index contributed by atoms with van der Waals surface area (Å²) in [5.74, 6) is -0.315. The Balaban J connectivity index is 2.27. The van der Waals surface area contributed by atoms with Crippen LogP contribution in [0.3, 0.4) is 0 Å². The number of carbonyl (C=O) groups excluding carboxylic acids is 1. The van der Waals surface area contributed by atoms with Crippen LogP contribution >= 0.6 is 0 Å².